The maximum Gasteiger partial charge on any atom is 0.146 e. The van der Waals surface area contributed by atoms with Crippen LogP contribution in [0.15, 0.2) is 97.6 Å². The highest BCUT2D eigenvalue weighted by atomic mass is 16.5. The van der Waals surface area contributed by atoms with Crippen LogP contribution in [0.2, 0.25) is 0 Å². The minimum Gasteiger partial charge on any atom is -0.454 e. The van der Waals surface area contributed by atoms with Crippen molar-refractivity contribution in [3.05, 3.63) is 97.6 Å². The molecule has 0 atom stereocenters. The monoisotopic (exact) mass is 430 g/mol. The van der Waals surface area contributed by atoms with E-state index in [0.29, 0.717) is 11.5 Å². The number of nitrogens with zero attached hydrogens (tertiary/aromatic N) is 4. The Labute approximate surface area is 191 Å². The lowest BCUT2D eigenvalue weighted by molar-refractivity contribution is 0.478. The summed E-state index contributed by atoms with van der Waals surface area (Å²) in [4.78, 5) is 8.86. The molecule has 0 N–H and O–H groups in total. The maximum atomic E-state index is 6.19. The summed E-state index contributed by atoms with van der Waals surface area (Å²) in [7, 11) is 4.14. The van der Waals surface area contributed by atoms with Crippen LogP contribution in [0.4, 0.5) is 0 Å². The highest BCUT2D eigenvalue weighted by Crippen LogP contribution is 2.32. The van der Waals surface area contributed by atoms with E-state index in [1.807, 2.05) is 24.5 Å². The van der Waals surface area contributed by atoms with E-state index in [-0.39, 0.29) is 0 Å². The molecule has 0 aliphatic rings. The van der Waals surface area contributed by atoms with Crippen molar-refractivity contribution in [2.75, 3.05) is 0 Å². The fraction of sp³-hybridized carbons (Fsp3) is 0.0714. The van der Waals surface area contributed by atoms with E-state index < -0.39 is 0 Å². The lowest BCUT2D eigenvalue weighted by atomic mass is 10.2. The smallest absolute Gasteiger partial charge is 0.146 e. The Kier molecular flexibility index (Phi) is 4.47. The van der Waals surface area contributed by atoms with Crippen LogP contribution < -0.4 is 4.74 Å². The third kappa shape index (κ3) is 3.34. The van der Waals surface area contributed by atoms with Crippen LogP contribution in [0.25, 0.3) is 44.3 Å². The van der Waals surface area contributed by atoms with Gasteiger partial charge < -0.3 is 13.9 Å². The van der Waals surface area contributed by atoms with E-state index in [1.54, 1.807) is 12.4 Å². The van der Waals surface area contributed by atoms with Crippen molar-refractivity contribution in [1.82, 2.24) is 19.1 Å². The quantitative estimate of drug-likeness (QED) is 0.317. The number of para-hydroxylation sites is 2. The molecular formula is C28H22N4O. The van der Waals surface area contributed by atoms with Gasteiger partial charge in [0.15, 0.2) is 0 Å². The van der Waals surface area contributed by atoms with Gasteiger partial charge in [0.25, 0.3) is 0 Å². The molecule has 0 amide bonds. The summed E-state index contributed by atoms with van der Waals surface area (Å²) >= 11 is 0. The Bertz CT molecular complexity index is 1500. The first-order valence-corrected chi connectivity index (χ1v) is 10.8. The van der Waals surface area contributed by atoms with Crippen molar-refractivity contribution >= 4 is 21.8 Å². The van der Waals surface area contributed by atoms with Crippen LogP contribution in [0.3, 0.4) is 0 Å². The van der Waals surface area contributed by atoms with Crippen LogP contribution in [-0.4, -0.2) is 19.1 Å². The van der Waals surface area contributed by atoms with Gasteiger partial charge in [0, 0.05) is 59.4 Å². The van der Waals surface area contributed by atoms with E-state index in [1.165, 1.54) is 21.8 Å². The fourth-order valence-electron chi connectivity index (χ4n) is 4.50. The number of benzene rings is 2. The summed E-state index contributed by atoms with van der Waals surface area (Å²) in [5, 5.41) is 2.40. The summed E-state index contributed by atoms with van der Waals surface area (Å²) in [6.07, 6.45) is 7.20. The molecule has 33 heavy (non-hydrogen) atoms. The van der Waals surface area contributed by atoms with Crippen molar-refractivity contribution in [2.24, 2.45) is 14.1 Å². The van der Waals surface area contributed by atoms with E-state index in [4.69, 9.17) is 4.74 Å². The van der Waals surface area contributed by atoms with Gasteiger partial charge in [0.1, 0.15) is 11.5 Å². The number of hydrogen-bond donors (Lipinski definition) is 0. The average molecular weight is 431 g/mol. The second-order valence-corrected chi connectivity index (χ2v) is 8.22. The van der Waals surface area contributed by atoms with Crippen molar-refractivity contribution in [3.63, 3.8) is 0 Å². The zero-order valence-electron chi connectivity index (χ0n) is 18.4. The predicted octanol–water partition coefficient (Wildman–Crippen LogP) is 6.59. The predicted molar refractivity (Wildman–Crippen MR) is 132 cm³/mol. The van der Waals surface area contributed by atoms with Gasteiger partial charge in [-0.1, -0.05) is 36.4 Å². The fourth-order valence-corrected chi connectivity index (χ4v) is 4.50. The zero-order valence-corrected chi connectivity index (χ0v) is 18.4. The third-order valence-corrected chi connectivity index (χ3v) is 6.16. The number of rotatable bonds is 4. The van der Waals surface area contributed by atoms with Gasteiger partial charge >= 0.3 is 0 Å². The molecule has 0 fully saturated rings. The summed E-state index contributed by atoms with van der Waals surface area (Å²) < 4.78 is 10.5. The molecule has 4 heterocycles. The molecule has 0 aliphatic carbocycles. The Hall–Kier alpha value is -4.38. The highest BCUT2D eigenvalue weighted by molar-refractivity contribution is 5.88. The van der Waals surface area contributed by atoms with Gasteiger partial charge in [-0.2, -0.15) is 0 Å². The Morgan fingerprint density at radius 2 is 1.03 bits per heavy atom. The van der Waals surface area contributed by atoms with Crippen LogP contribution in [-0.2, 0) is 14.1 Å². The first-order chi connectivity index (χ1) is 16.2. The summed E-state index contributed by atoms with van der Waals surface area (Å²) in [5.74, 6) is 1.35. The van der Waals surface area contributed by atoms with E-state index >= 15 is 0 Å². The summed E-state index contributed by atoms with van der Waals surface area (Å²) in [5.41, 5.74) is 6.57. The molecule has 0 unspecified atom stereocenters. The van der Waals surface area contributed by atoms with E-state index in [9.17, 15) is 0 Å². The lowest BCUT2D eigenvalue weighted by Crippen LogP contribution is -1.94. The zero-order chi connectivity index (χ0) is 22.4. The first-order valence-electron chi connectivity index (χ1n) is 10.8. The van der Waals surface area contributed by atoms with E-state index in [2.05, 4.69) is 93.9 Å². The number of aryl methyl sites for hydroxylation is 2. The summed E-state index contributed by atoms with van der Waals surface area (Å²) in [6.45, 7) is 0. The van der Waals surface area contributed by atoms with Crippen molar-refractivity contribution in [2.45, 2.75) is 0 Å². The second kappa shape index (κ2) is 7.64. The largest absolute Gasteiger partial charge is 0.454 e. The normalized spacial score (nSPS) is 11.3. The standard InChI is InChI=1S/C28H22N4O/c1-31-25-9-5-3-7-19(25)13-27(31)21-11-23(17-29-15-21)33-24-12-22(16-30-18-24)28-14-20-8-4-6-10-26(20)32(28)2/h3-18H,1-2H3. The van der Waals surface area contributed by atoms with Crippen LogP contribution in [0.1, 0.15) is 0 Å². The molecule has 0 bridgehead atoms. The minimum absolute atomic E-state index is 0.675. The Morgan fingerprint density at radius 1 is 0.576 bits per heavy atom. The summed E-state index contributed by atoms with van der Waals surface area (Å²) in [6, 6.07) is 25.1. The molecule has 5 nitrogen and oxygen atoms in total. The molecular weight excluding hydrogens is 408 g/mol. The van der Waals surface area contributed by atoms with Crippen molar-refractivity contribution < 1.29 is 4.74 Å². The molecule has 0 radical (unpaired) electrons. The average Bonchev–Trinajstić information content (AvgIpc) is 3.37. The second-order valence-electron chi connectivity index (χ2n) is 8.22. The third-order valence-electron chi connectivity index (χ3n) is 6.16. The minimum atomic E-state index is 0.675. The Morgan fingerprint density at radius 3 is 1.48 bits per heavy atom. The van der Waals surface area contributed by atoms with Crippen LogP contribution in [0.5, 0.6) is 11.5 Å². The number of pyridine rings is 2. The first kappa shape index (κ1) is 19.3. The van der Waals surface area contributed by atoms with Gasteiger partial charge in [-0.15, -0.1) is 0 Å². The van der Waals surface area contributed by atoms with Crippen molar-refractivity contribution in [3.8, 4) is 34.0 Å². The molecule has 6 rings (SSSR count). The topological polar surface area (TPSA) is 44.9 Å². The highest BCUT2D eigenvalue weighted by Gasteiger charge is 2.11. The number of fused-ring (bicyclic) bond motifs is 2. The number of hydrogen-bond acceptors (Lipinski definition) is 3. The number of aromatic nitrogens is 4. The van der Waals surface area contributed by atoms with Crippen LogP contribution >= 0.6 is 0 Å². The van der Waals surface area contributed by atoms with Gasteiger partial charge in [-0.3, -0.25) is 9.97 Å². The molecule has 0 saturated heterocycles. The van der Waals surface area contributed by atoms with Crippen LogP contribution in [0, 0.1) is 0 Å². The van der Waals surface area contributed by atoms with Gasteiger partial charge in [-0.25, -0.2) is 0 Å². The molecule has 0 saturated carbocycles. The molecule has 160 valence electrons. The molecule has 5 heteroatoms. The maximum absolute atomic E-state index is 6.19. The van der Waals surface area contributed by atoms with E-state index in [0.717, 1.165) is 22.5 Å². The van der Waals surface area contributed by atoms with Gasteiger partial charge in [0.2, 0.25) is 0 Å². The van der Waals surface area contributed by atoms with Gasteiger partial charge in [0.05, 0.1) is 23.8 Å². The lowest BCUT2D eigenvalue weighted by Gasteiger charge is -2.10. The molecule has 4 aromatic heterocycles. The molecule has 0 aliphatic heterocycles. The molecule has 0 spiro atoms. The Balaban J connectivity index is 1.34. The number of ether oxygens (including phenoxy) is 1. The molecule has 6 aromatic rings. The SMILES string of the molecule is Cn1c(-c2cncc(Oc3cncc(-c4cc5ccccc5n4C)c3)c2)cc2ccccc21. The van der Waals surface area contributed by atoms with Gasteiger partial charge in [-0.05, 0) is 36.4 Å². The molecule has 2 aromatic carbocycles. The van der Waals surface area contributed by atoms with Crippen molar-refractivity contribution in [1.29, 1.82) is 0 Å².